The first-order valence-electron chi connectivity index (χ1n) is 4.48. The number of hydrogen-bond acceptors (Lipinski definition) is 5. The summed E-state index contributed by atoms with van der Waals surface area (Å²) in [5.41, 5.74) is 0.345. The van der Waals surface area contributed by atoms with Gasteiger partial charge in [-0.3, -0.25) is 0 Å². The highest BCUT2D eigenvalue weighted by Crippen LogP contribution is 2.17. The van der Waals surface area contributed by atoms with E-state index in [2.05, 4.69) is 10.1 Å². The molecule has 0 aromatic carbocycles. The van der Waals surface area contributed by atoms with Gasteiger partial charge in [0.05, 0.1) is 5.69 Å². The van der Waals surface area contributed by atoms with E-state index in [9.17, 15) is 9.59 Å². The van der Waals surface area contributed by atoms with E-state index in [4.69, 9.17) is 10.2 Å². The zero-order chi connectivity index (χ0) is 12.6. The fraction of sp³-hybridized carbons (Fsp3) is 0.111. The van der Waals surface area contributed by atoms with E-state index < -0.39 is 11.9 Å². The molecule has 7 nitrogen and oxygen atoms in total. The summed E-state index contributed by atoms with van der Waals surface area (Å²) >= 11 is 1.02. The van der Waals surface area contributed by atoms with E-state index >= 15 is 0 Å². The van der Waals surface area contributed by atoms with Crippen LogP contribution in [0.15, 0.2) is 11.4 Å². The lowest BCUT2D eigenvalue weighted by atomic mass is 10.4. The van der Waals surface area contributed by atoms with Crippen molar-refractivity contribution in [2.24, 2.45) is 0 Å². The Balaban J connectivity index is 2.52. The van der Waals surface area contributed by atoms with Crippen LogP contribution in [0, 0.1) is 6.92 Å². The van der Waals surface area contributed by atoms with Gasteiger partial charge >= 0.3 is 11.9 Å². The summed E-state index contributed by atoms with van der Waals surface area (Å²) in [5, 5.41) is 23.2. The van der Waals surface area contributed by atoms with Crippen molar-refractivity contribution in [3.05, 3.63) is 28.5 Å². The van der Waals surface area contributed by atoms with Crippen LogP contribution in [-0.4, -0.2) is 36.9 Å². The molecule has 2 aromatic rings. The fourth-order valence-corrected chi connectivity index (χ4v) is 2.02. The molecule has 2 heterocycles. The molecule has 0 aliphatic rings. The van der Waals surface area contributed by atoms with Crippen molar-refractivity contribution in [2.75, 3.05) is 0 Å². The lowest BCUT2D eigenvalue weighted by Gasteiger charge is -1.97. The Labute approximate surface area is 99.0 Å². The number of carboxylic acid groups (broad SMARTS) is 2. The van der Waals surface area contributed by atoms with Crippen molar-refractivity contribution in [3.63, 3.8) is 0 Å². The molecule has 0 unspecified atom stereocenters. The van der Waals surface area contributed by atoms with Gasteiger partial charge in [-0.2, -0.15) is 9.78 Å². The molecule has 2 N–H and O–H groups in total. The third-order valence-corrected chi connectivity index (χ3v) is 2.76. The minimum Gasteiger partial charge on any atom is -0.477 e. The molecule has 0 amide bonds. The lowest BCUT2D eigenvalue weighted by Crippen LogP contribution is -2.08. The smallest absolute Gasteiger partial charge is 0.355 e. The van der Waals surface area contributed by atoms with E-state index in [0.717, 1.165) is 16.0 Å². The Kier molecular flexibility index (Phi) is 2.64. The molecule has 0 aliphatic heterocycles. The molecule has 0 radical (unpaired) electrons. The van der Waals surface area contributed by atoms with Crippen LogP contribution in [0.5, 0.6) is 0 Å². The Bertz CT molecular complexity index is 601. The minimum absolute atomic E-state index is 0.0474. The highest BCUT2D eigenvalue weighted by Gasteiger charge is 2.17. The monoisotopic (exact) mass is 253 g/mol. The highest BCUT2D eigenvalue weighted by molar-refractivity contribution is 7.12. The third kappa shape index (κ3) is 2.02. The number of hydrogen-bond donors (Lipinski definition) is 2. The maximum Gasteiger partial charge on any atom is 0.355 e. The largest absolute Gasteiger partial charge is 0.477 e. The van der Waals surface area contributed by atoms with Crippen LogP contribution >= 0.6 is 11.3 Å². The average molecular weight is 253 g/mol. The molecule has 17 heavy (non-hydrogen) atoms. The van der Waals surface area contributed by atoms with Gasteiger partial charge in [0.2, 0.25) is 5.13 Å². The van der Waals surface area contributed by atoms with Crippen molar-refractivity contribution >= 4 is 23.3 Å². The molecule has 2 aromatic heterocycles. The number of nitrogens with zero attached hydrogens (tertiary/aromatic N) is 3. The van der Waals surface area contributed by atoms with Gasteiger partial charge in [0, 0.05) is 5.38 Å². The maximum atomic E-state index is 10.9. The Hall–Kier alpha value is -2.22. The van der Waals surface area contributed by atoms with E-state index in [1.165, 1.54) is 11.4 Å². The van der Waals surface area contributed by atoms with Crippen LogP contribution in [0.1, 0.15) is 26.7 Å². The van der Waals surface area contributed by atoms with Gasteiger partial charge in [0.1, 0.15) is 0 Å². The molecule has 0 atom stereocenters. The predicted molar refractivity (Wildman–Crippen MR) is 57.9 cm³/mol. The van der Waals surface area contributed by atoms with E-state index in [-0.39, 0.29) is 16.5 Å². The molecule has 2 rings (SSSR count). The van der Waals surface area contributed by atoms with Gasteiger partial charge in [-0.05, 0) is 13.0 Å². The Morgan fingerprint density at radius 3 is 2.59 bits per heavy atom. The van der Waals surface area contributed by atoms with Gasteiger partial charge in [0.25, 0.3) is 0 Å². The lowest BCUT2D eigenvalue weighted by molar-refractivity contribution is 0.0680. The van der Waals surface area contributed by atoms with Gasteiger partial charge in [-0.1, -0.05) is 0 Å². The van der Waals surface area contributed by atoms with Crippen LogP contribution in [0.3, 0.4) is 0 Å². The summed E-state index contributed by atoms with van der Waals surface area (Å²) in [6.07, 6.45) is 0. The first kappa shape index (κ1) is 11.3. The quantitative estimate of drug-likeness (QED) is 0.846. The molecule has 0 aliphatic carbocycles. The molecule has 8 heteroatoms. The second-order valence-corrected chi connectivity index (χ2v) is 4.04. The maximum absolute atomic E-state index is 10.9. The van der Waals surface area contributed by atoms with Crippen LogP contribution in [-0.2, 0) is 0 Å². The van der Waals surface area contributed by atoms with Crippen molar-refractivity contribution in [1.29, 1.82) is 0 Å². The van der Waals surface area contributed by atoms with Gasteiger partial charge in [0.15, 0.2) is 11.4 Å². The summed E-state index contributed by atoms with van der Waals surface area (Å²) in [4.78, 5) is 25.4. The van der Waals surface area contributed by atoms with Crippen molar-refractivity contribution in [3.8, 4) is 5.13 Å². The molecule has 88 valence electrons. The normalized spacial score (nSPS) is 10.4. The molecule has 0 bridgehead atoms. The van der Waals surface area contributed by atoms with Crippen molar-refractivity contribution in [2.45, 2.75) is 6.92 Å². The molecule has 0 spiro atoms. The number of carboxylic acids is 2. The minimum atomic E-state index is -1.16. The highest BCUT2D eigenvalue weighted by atomic mass is 32.1. The molecular formula is C9H7N3O4S. The van der Waals surface area contributed by atoms with E-state index in [1.807, 2.05) is 0 Å². The number of rotatable bonds is 3. The van der Waals surface area contributed by atoms with E-state index in [0.29, 0.717) is 5.69 Å². The number of aromatic carboxylic acids is 2. The number of aromatic nitrogens is 3. The summed E-state index contributed by atoms with van der Waals surface area (Å²) < 4.78 is 1.12. The summed E-state index contributed by atoms with van der Waals surface area (Å²) in [6, 6.07) is 1.39. The summed E-state index contributed by atoms with van der Waals surface area (Å²) in [7, 11) is 0. The molecule has 0 saturated carbocycles. The standard InChI is InChI=1S/C9H7N3O4S/c1-4-2-6(8(15)16)12(11-4)9-10-5(3-17-9)7(13)14/h2-3H,1H3,(H,13,14)(H,15,16). The van der Waals surface area contributed by atoms with E-state index in [1.54, 1.807) is 6.92 Å². The van der Waals surface area contributed by atoms with Crippen LogP contribution in [0.25, 0.3) is 5.13 Å². The second kappa shape index (κ2) is 3.98. The number of thiazole rings is 1. The Morgan fingerprint density at radius 1 is 1.35 bits per heavy atom. The van der Waals surface area contributed by atoms with Crippen LogP contribution < -0.4 is 0 Å². The third-order valence-electron chi connectivity index (χ3n) is 1.94. The van der Waals surface area contributed by atoms with Crippen molar-refractivity contribution < 1.29 is 19.8 Å². The first-order chi connectivity index (χ1) is 7.99. The van der Waals surface area contributed by atoms with Crippen LogP contribution in [0.2, 0.25) is 0 Å². The zero-order valence-corrected chi connectivity index (χ0v) is 9.43. The van der Waals surface area contributed by atoms with Gasteiger partial charge < -0.3 is 10.2 Å². The Morgan fingerprint density at radius 2 is 2.06 bits per heavy atom. The SMILES string of the molecule is Cc1cc(C(=O)O)n(-c2nc(C(=O)O)cs2)n1. The van der Waals surface area contributed by atoms with Crippen LogP contribution in [0.4, 0.5) is 0 Å². The zero-order valence-electron chi connectivity index (χ0n) is 8.62. The van der Waals surface area contributed by atoms with Gasteiger partial charge in [-0.25, -0.2) is 14.6 Å². The fourth-order valence-electron chi connectivity index (χ4n) is 1.26. The van der Waals surface area contributed by atoms with Crippen molar-refractivity contribution in [1.82, 2.24) is 14.8 Å². The second-order valence-electron chi connectivity index (χ2n) is 3.21. The van der Waals surface area contributed by atoms with Gasteiger partial charge in [-0.15, -0.1) is 11.3 Å². The molecule has 0 fully saturated rings. The molecular weight excluding hydrogens is 246 g/mol. The number of aryl methyl sites for hydroxylation is 1. The predicted octanol–water partition coefficient (Wildman–Crippen LogP) is 1.03. The first-order valence-corrected chi connectivity index (χ1v) is 5.36. The topological polar surface area (TPSA) is 105 Å². The molecule has 0 saturated heterocycles. The summed E-state index contributed by atoms with van der Waals surface area (Å²) in [5.74, 6) is -2.30. The average Bonchev–Trinajstić information content (AvgIpc) is 2.82. The number of carbonyl (C=O) groups is 2. The summed E-state index contributed by atoms with van der Waals surface area (Å²) in [6.45, 7) is 1.65.